The molecule has 0 N–H and O–H groups in total. The Labute approximate surface area is 159 Å². The number of amides is 2. The van der Waals surface area contributed by atoms with E-state index < -0.39 is 0 Å². The van der Waals surface area contributed by atoms with Crippen LogP contribution in [0.2, 0.25) is 0 Å². The second-order valence-corrected chi connectivity index (χ2v) is 6.42. The maximum absolute atomic E-state index is 12.6. The summed E-state index contributed by atoms with van der Waals surface area (Å²) < 4.78 is 0. The van der Waals surface area contributed by atoms with Gasteiger partial charge in [-0.05, 0) is 42.0 Å². The first-order chi connectivity index (χ1) is 13.1. The van der Waals surface area contributed by atoms with E-state index in [4.69, 9.17) is 0 Å². The molecule has 2 amide bonds. The van der Waals surface area contributed by atoms with Gasteiger partial charge in [0, 0.05) is 37.5 Å². The van der Waals surface area contributed by atoms with E-state index in [-0.39, 0.29) is 11.8 Å². The first-order valence-electron chi connectivity index (χ1n) is 8.79. The van der Waals surface area contributed by atoms with Gasteiger partial charge in [0.25, 0.3) is 11.8 Å². The third-order valence-corrected chi connectivity index (χ3v) is 4.44. The molecule has 4 heteroatoms. The smallest absolute Gasteiger partial charge is 0.258 e. The topological polar surface area (TPSA) is 40.6 Å². The number of hydrogen-bond acceptors (Lipinski definition) is 2. The number of anilines is 1. The monoisotopic (exact) mass is 358 g/mol. The maximum Gasteiger partial charge on any atom is 0.258 e. The molecule has 0 heterocycles. The SMILES string of the molecule is CN(Cc1ccccc1)C(=O)c1ccc(C(=O)N(C)c2ccccc2)cc1. The molecule has 0 radical (unpaired) electrons. The normalized spacial score (nSPS) is 10.3. The Bertz CT molecular complexity index is 906. The van der Waals surface area contributed by atoms with Crippen LogP contribution in [0.15, 0.2) is 84.9 Å². The van der Waals surface area contributed by atoms with E-state index in [0.29, 0.717) is 17.7 Å². The van der Waals surface area contributed by atoms with Crippen molar-refractivity contribution in [1.82, 2.24) is 4.90 Å². The van der Waals surface area contributed by atoms with Crippen molar-refractivity contribution in [3.05, 3.63) is 102 Å². The lowest BCUT2D eigenvalue weighted by Gasteiger charge is -2.19. The van der Waals surface area contributed by atoms with Crippen molar-refractivity contribution in [1.29, 1.82) is 0 Å². The van der Waals surface area contributed by atoms with Gasteiger partial charge in [-0.1, -0.05) is 48.5 Å². The summed E-state index contributed by atoms with van der Waals surface area (Å²) in [7, 11) is 3.52. The van der Waals surface area contributed by atoms with Crippen LogP contribution in [0.4, 0.5) is 5.69 Å². The molecule has 0 fully saturated rings. The van der Waals surface area contributed by atoms with Gasteiger partial charge in [-0.3, -0.25) is 9.59 Å². The zero-order valence-electron chi connectivity index (χ0n) is 15.5. The summed E-state index contributed by atoms with van der Waals surface area (Å²) >= 11 is 0. The zero-order chi connectivity index (χ0) is 19.2. The number of carbonyl (C=O) groups excluding carboxylic acids is 2. The summed E-state index contributed by atoms with van der Waals surface area (Å²) in [5.74, 6) is -0.188. The van der Waals surface area contributed by atoms with Gasteiger partial charge in [-0.25, -0.2) is 0 Å². The van der Waals surface area contributed by atoms with Gasteiger partial charge in [0.15, 0.2) is 0 Å². The van der Waals surface area contributed by atoms with E-state index in [1.165, 1.54) is 0 Å². The van der Waals surface area contributed by atoms with Crippen molar-refractivity contribution in [3.8, 4) is 0 Å². The quantitative estimate of drug-likeness (QED) is 0.685. The van der Waals surface area contributed by atoms with Gasteiger partial charge < -0.3 is 9.80 Å². The molecule has 0 saturated carbocycles. The third-order valence-electron chi connectivity index (χ3n) is 4.44. The van der Waals surface area contributed by atoms with Crippen molar-refractivity contribution >= 4 is 17.5 Å². The molecule has 0 unspecified atom stereocenters. The molecule has 0 aromatic heterocycles. The van der Waals surface area contributed by atoms with Gasteiger partial charge in [0.05, 0.1) is 0 Å². The fourth-order valence-electron chi connectivity index (χ4n) is 2.87. The molecule has 136 valence electrons. The standard InChI is InChI=1S/C23H22N2O2/c1-24(17-18-9-5-3-6-10-18)22(26)19-13-15-20(16-14-19)23(27)25(2)21-11-7-4-8-12-21/h3-16H,17H2,1-2H3. The molecular weight excluding hydrogens is 336 g/mol. The van der Waals surface area contributed by atoms with Crippen LogP contribution in [0.1, 0.15) is 26.3 Å². The Kier molecular flexibility index (Phi) is 5.67. The van der Waals surface area contributed by atoms with Gasteiger partial charge >= 0.3 is 0 Å². The Morgan fingerprint density at radius 2 is 1.15 bits per heavy atom. The Balaban J connectivity index is 1.69. The Hall–Kier alpha value is -3.40. The second-order valence-electron chi connectivity index (χ2n) is 6.42. The van der Waals surface area contributed by atoms with Gasteiger partial charge in [-0.15, -0.1) is 0 Å². The van der Waals surface area contributed by atoms with E-state index in [1.807, 2.05) is 60.7 Å². The molecular formula is C23H22N2O2. The van der Waals surface area contributed by atoms with Crippen molar-refractivity contribution in [2.45, 2.75) is 6.54 Å². The minimum atomic E-state index is -0.113. The Morgan fingerprint density at radius 1 is 0.667 bits per heavy atom. The van der Waals surface area contributed by atoms with Crippen molar-refractivity contribution in [2.24, 2.45) is 0 Å². The number of para-hydroxylation sites is 1. The van der Waals surface area contributed by atoms with Crippen LogP contribution in [0.3, 0.4) is 0 Å². The molecule has 27 heavy (non-hydrogen) atoms. The van der Waals surface area contributed by atoms with Crippen LogP contribution in [0, 0.1) is 0 Å². The average Bonchev–Trinajstić information content (AvgIpc) is 2.73. The van der Waals surface area contributed by atoms with Crippen molar-refractivity contribution < 1.29 is 9.59 Å². The zero-order valence-corrected chi connectivity index (χ0v) is 15.5. The van der Waals surface area contributed by atoms with Crippen molar-refractivity contribution in [3.63, 3.8) is 0 Å². The highest BCUT2D eigenvalue weighted by Gasteiger charge is 2.16. The first-order valence-corrected chi connectivity index (χ1v) is 8.79. The minimum absolute atomic E-state index is 0.0748. The summed E-state index contributed by atoms with van der Waals surface area (Å²) in [4.78, 5) is 28.5. The second kappa shape index (κ2) is 8.32. The van der Waals surface area contributed by atoms with Crippen LogP contribution in [0.25, 0.3) is 0 Å². The summed E-state index contributed by atoms with van der Waals surface area (Å²) in [6.07, 6.45) is 0. The number of nitrogens with zero attached hydrogens (tertiary/aromatic N) is 2. The molecule has 0 aliphatic rings. The number of rotatable bonds is 5. The molecule has 0 atom stereocenters. The maximum atomic E-state index is 12.6. The lowest BCUT2D eigenvalue weighted by atomic mass is 10.1. The molecule has 3 rings (SSSR count). The largest absolute Gasteiger partial charge is 0.337 e. The lowest BCUT2D eigenvalue weighted by Crippen LogP contribution is -2.27. The van der Waals surface area contributed by atoms with Gasteiger partial charge in [0.1, 0.15) is 0 Å². The molecule has 0 saturated heterocycles. The highest BCUT2D eigenvalue weighted by atomic mass is 16.2. The lowest BCUT2D eigenvalue weighted by molar-refractivity contribution is 0.0784. The van der Waals surface area contributed by atoms with Crippen molar-refractivity contribution in [2.75, 3.05) is 19.0 Å². The van der Waals surface area contributed by atoms with E-state index in [0.717, 1.165) is 11.3 Å². The molecule has 0 aliphatic carbocycles. The summed E-state index contributed by atoms with van der Waals surface area (Å²) in [5, 5.41) is 0. The predicted octanol–water partition coefficient (Wildman–Crippen LogP) is 4.24. The summed E-state index contributed by atoms with van der Waals surface area (Å²) in [6.45, 7) is 0.539. The van der Waals surface area contributed by atoms with E-state index in [1.54, 1.807) is 48.2 Å². The number of carbonyl (C=O) groups is 2. The molecule has 3 aromatic rings. The molecule has 4 nitrogen and oxygen atoms in total. The van der Waals surface area contributed by atoms with Crippen LogP contribution in [-0.2, 0) is 6.54 Å². The molecule has 0 aliphatic heterocycles. The highest BCUT2D eigenvalue weighted by molar-refractivity contribution is 6.06. The molecule has 0 spiro atoms. The highest BCUT2D eigenvalue weighted by Crippen LogP contribution is 2.16. The molecule has 0 bridgehead atoms. The van der Waals surface area contributed by atoms with Gasteiger partial charge in [-0.2, -0.15) is 0 Å². The van der Waals surface area contributed by atoms with Crippen LogP contribution in [0.5, 0.6) is 0 Å². The number of hydrogen-bond donors (Lipinski definition) is 0. The predicted molar refractivity (Wildman–Crippen MR) is 108 cm³/mol. The minimum Gasteiger partial charge on any atom is -0.337 e. The Morgan fingerprint density at radius 3 is 1.70 bits per heavy atom. The van der Waals surface area contributed by atoms with E-state index in [2.05, 4.69) is 0 Å². The summed E-state index contributed by atoms with van der Waals surface area (Å²) in [5.41, 5.74) is 3.01. The van der Waals surface area contributed by atoms with Crippen LogP contribution in [-0.4, -0.2) is 30.8 Å². The van der Waals surface area contributed by atoms with Crippen LogP contribution < -0.4 is 4.90 Å². The van der Waals surface area contributed by atoms with Crippen LogP contribution >= 0.6 is 0 Å². The first kappa shape index (κ1) is 18.4. The fourth-order valence-corrected chi connectivity index (χ4v) is 2.87. The molecule has 3 aromatic carbocycles. The average molecular weight is 358 g/mol. The van der Waals surface area contributed by atoms with E-state index in [9.17, 15) is 9.59 Å². The third kappa shape index (κ3) is 4.42. The fraction of sp³-hybridized carbons (Fsp3) is 0.130. The number of benzene rings is 3. The van der Waals surface area contributed by atoms with E-state index >= 15 is 0 Å². The van der Waals surface area contributed by atoms with Gasteiger partial charge in [0.2, 0.25) is 0 Å². The summed E-state index contributed by atoms with van der Waals surface area (Å²) in [6, 6.07) is 26.1.